The Morgan fingerprint density at radius 1 is 1.56 bits per heavy atom. The number of aliphatic carboxylic acids is 1. The molecule has 7 heteroatoms. The number of hydrogen-bond acceptors (Lipinski definition) is 4. The first-order valence-electron chi connectivity index (χ1n) is 5.04. The molecule has 0 unspecified atom stereocenters. The molecule has 0 amide bonds. The molecule has 1 aromatic rings. The summed E-state index contributed by atoms with van der Waals surface area (Å²) in [5.41, 5.74) is -1.78. The third kappa shape index (κ3) is 3.16. The van der Waals surface area contributed by atoms with Crippen molar-refractivity contribution in [1.29, 1.82) is 0 Å². The highest BCUT2D eigenvalue weighted by molar-refractivity contribution is 5.73. The smallest absolute Gasteiger partial charge is 0.312 e. The molecule has 6 nitrogen and oxygen atoms in total. The molecule has 18 heavy (non-hydrogen) atoms. The Hall–Kier alpha value is -2.18. The number of carboxylic acid groups (broad SMARTS) is 1. The van der Waals surface area contributed by atoms with E-state index in [1.165, 1.54) is 19.9 Å². The Morgan fingerprint density at radius 3 is 2.61 bits per heavy atom. The van der Waals surface area contributed by atoms with Gasteiger partial charge in [0.1, 0.15) is 12.4 Å². The van der Waals surface area contributed by atoms with Crippen molar-refractivity contribution in [3.05, 3.63) is 34.1 Å². The summed E-state index contributed by atoms with van der Waals surface area (Å²) in [5.74, 6) is -2.03. The molecule has 0 heterocycles. The number of carboxylic acids is 1. The molecule has 0 bridgehead atoms. The van der Waals surface area contributed by atoms with E-state index >= 15 is 0 Å². The molecule has 0 aliphatic rings. The van der Waals surface area contributed by atoms with Gasteiger partial charge in [-0.15, -0.1) is 0 Å². The lowest BCUT2D eigenvalue weighted by Crippen LogP contribution is -2.30. The summed E-state index contributed by atoms with van der Waals surface area (Å²) in [4.78, 5) is 20.3. The first kappa shape index (κ1) is 13.9. The second kappa shape index (κ2) is 4.99. The average molecular weight is 257 g/mol. The zero-order valence-electron chi connectivity index (χ0n) is 9.84. The number of carbonyl (C=O) groups is 1. The van der Waals surface area contributed by atoms with Gasteiger partial charge in [0.25, 0.3) is 0 Å². The van der Waals surface area contributed by atoms with E-state index in [0.29, 0.717) is 0 Å². The van der Waals surface area contributed by atoms with Crippen LogP contribution in [0.3, 0.4) is 0 Å². The molecule has 98 valence electrons. The van der Waals surface area contributed by atoms with Crippen molar-refractivity contribution in [2.24, 2.45) is 5.41 Å². The average Bonchev–Trinajstić information content (AvgIpc) is 2.25. The molecule has 0 aliphatic carbocycles. The number of nitrogens with zero attached hydrogens (tertiary/aromatic N) is 1. The van der Waals surface area contributed by atoms with Crippen molar-refractivity contribution in [1.82, 2.24) is 0 Å². The van der Waals surface area contributed by atoms with Gasteiger partial charge in [0.05, 0.1) is 10.3 Å². The number of halogens is 1. The van der Waals surface area contributed by atoms with Gasteiger partial charge in [0.15, 0.2) is 0 Å². The highest BCUT2D eigenvalue weighted by Gasteiger charge is 2.28. The summed E-state index contributed by atoms with van der Waals surface area (Å²) < 4.78 is 18.3. The number of ether oxygens (including phenoxy) is 1. The fourth-order valence-corrected chi connectivity index (χ4v) is 1.05. The van der Waals surface area contributed by atoms with Gasteiger partial charge in [-0.25, -0.2) is 0 Å². The minimum Gasteiger partial charge on any atom is -0.492 e. The van der Waals surface area contributed by atoms with Gasteiger partial charge in [0, 0.05) is 12.1 Å². The summed E-state index contributed by atoms with van der Waals surface area (Å²) in [5, 5.41) is 19.2. The normalized spacial score (nSPS) is 11.1. The summed E-state index contributed by atoms with van der Waals surface area (Å²) in [7, 11) is 0. The minimum absolute atomic E-state index is 0.0485. The predicted molar refractivity (Wildman–Crippen MR) is 60.0 cm³/mol. The van der Waals surface area contributed by atoms with Crippen LogP contribution in [0.5, 0.6) is 5.75 Å². The molecule has 0 atom stereocenters. The van der Waals surface area contributed by atoms with Gasteiger partial charge >= 0.3 is 11.7 Å². The Balaban J connectivity index is 2.79. The maximum atomic E-state index is 13.2. The third-order valence-corrected chi connectivity index (χ3v) is 2.29. The van der Waals surface area contributed by atoms with Crippen molar-refractivity contribution >= 4 is 11.7 Å². The Bertz CT molecular complexity index is 486. The molecule has 0 saturated carbocycles. The number of hydrogen-bond donors (Lipinski definition) is 1. The molecule has 1 rings (SSSR count). The lowest BCUT2D eigenvalue weighted by atomic mass is 9.95. The number of benzene rings is 1. The second-order valence-electron chi connectivity index (χ2n) is 4.35. The van der Waals surface area contributed by atoms with E-state index in [9.17, 15) is 19.3 Å². The van der Waals surface area contributed by atoms with Gasteiger partial charge < -0.3 is 9.84 Å². The van der Waals surface area contributed by atoms with E-state index in [2.05, 4.69) is 0 Å². The lowest BCUT2D eigenvalue weighted by Gasteiger charge is -2.19. The summed E-state index contributed by atoms with van der Waals surface area (Å²) >= 11 is 0. The first-order chi connectivity index (χ1) is 8.24. The zero-order chi connectivity index (χ0) is 13.9. The van der Waals surface area contributed by atoms with Gasteiger partial charge in [-0.1, -0.05) is 0 Å². The Morgan fingerprint density at radius 2 is 2.17 bits per heavy atom. The van der Waals surface area contributed by atoms with Crippen molar-refractivity contribution in [2.45, 2.75) is 13.8 Å². The number of rotatable bonds is 5. The maximum absolute atomic E-state index is 13.2. The fraction of sp³-hybridized carbons (Fsp3) is 0.364. The number of nitro groups is 1. The van der Waals surface area contributed by atoms with Crippen LogP contribution in [0.25, 0.3) is 0 Å². The van der Waals surface area contributed by atoms with Crippen LogP contribution in [0.1, 0.15) is 13.8 Å². The van der Waals surface area contributed by atoms with Crippen LogP contribution in [-0.2, 0) is 4.79 Å². The van der Waals surface area contributed by atoms with Crippen molar-refractivity contribution in [3.63, 3.8) is 0 Å². The minimum atomic E-state index is -1.13. The molecule has 0 radical (unpaired) electrons. The lowest BCUT2D eigenvalue weighted by molar-refractivity contribution is -0.387. The molecule has 0 spiro atoms. The summed E-state index contributed by atoms with van der Waals surface area (Å²) in [6.07, 6.45) is 0. The quantitative estimate of drug-likeness (QED) is 0.645. The zero-order valence-corrected chi connectivity index (χ0v) is 9.84. The summed E-state index contributed by atoms with van der Waals surface area (Å²) in [6, 6.07) is 3.05. The molecule has 1 N–H and O–H groups in total. The summed E-state index contributed by atoms with van der Waals surface area (Å²) in [6.45, 7) is 2.74. The van der Waals surface area contributed by atoms with E-state index in [1.54, 1.807) is 0 Å². The van der Waals surface area contributed by atoms with Crippen LogP contribution in [-0.4, -0.2) is 22.6 Å². The SMILES string of the molecule is CC(C)(COc1ccc([N+](=O)[O-])c(F)c1)C(=O)O. The van der Waals surface area contributed by atoms with Gasteiger partial charge in [0.2, 0.25) is 5.82 Å². The highest BCUT2D eigenvalue weighted by atomic mass is 19.1. The predicted octanol–water partition coefficient (Wildman–Crippen LogP) is 2.22. The van der Waals surface area contributed by atoms with E-state index < -0.39 is 27.8 Å². The third-order valence-electron chi connectivity index (χ3n) is 2.29. The number of nitro benzene ring substituents is 1. The van der Waals surface area contributed by atoms with Crippen LogP contribution in [0, 0.1) is 21.3 Å². The van der Waals surface area contributed by atoms with Gasteiger partial charge in [-0.05, 0) is 19.9 Å². The molecular weight excluding hydrogens is 245 g/mol. The molecule has 0 aliphatic heterocycles. The topological polar surface area (TPSA) is 89.7 Å². The molecule has 0 aromatic heterocycles. The van der Waals surface area contributed by atoms with Crippen LogP contribution in [0.2, 0.25) is 0 Å². The molecular formula is C11H12FNO5. The largest absolute Gasteiger partial charge is 0.492 e. The van der Waals surface area contributed by atoms with E-state index in [1.807, 2.05) is 0 Å². The maximum Gasteiger partial charge on any atom is 0.312 e. The van der Waals surface area contributed by atoms with E-state index in [-0.39, 0.29) is 12.4 Å². The monoisotopic (exact) mass is 257 g/mol. The van der Waals surface area contributed by atoms with E-state index in [0.717, 1.165) is 12.1 Å². The van der Waals surface area contributed by atoms with Crippen LogP contribution < -0.4 is 4.74 Å². The molecule has 0 saturated heterocycles. The van der Waals surface area contributed by atoms with Crippen LogP contribution in [0.4, 0.5) is 10.1 Å². The van der Waals surface area contributed by atoms with Crippen molar-refractivity contribution in [3.8, 4) is 5.75 Å². The molecule has 1 aromatic carbocycles. The van der Waals surface area contributed by atoms with Gasteiger partial charge in [-0.2, -0.15) is 4.39 Å². The van der Waals surface area contributed by atoms with Gasteiger partial charge in [-0.3, -0.25) is 14.9 Å². The first-order valence-corrected chi connectivity index (χ1v) is 5.04. The second-order valence-corrected chi connectivity index (χ2v) is 4.35. The Kier molecular flexibility index (Phi) is 3.85. The molecule has 0 fully saturated rings. The Labute approximate surface area is 102 Å². The van der Waals surface area contributed by atoms with Crippen LogP contribution >= 0.6 is 0 Å². The highest BCUT2D eigenvalue weighted by Crippen LogP contribution is 2.24. The standard InChI is InChI=1S/C11H12FNO5/c1-11(2,10(14)15)6-18-7-3-4-9(13(16)17)8(12)5-7/h3-5H,6H2,1-2H3,(H,14,15). The van der Waals surface area contributed by atoms with E-state index in [4.69, 9.17) is 9.84 Å². The van der Waals surface area contributed by atoms with Crippen LogP contribution in [0.15, 0.2) is 18.2 Å². The van der Waals surface area contributed by atoms with Crippen molar-refractivity contribution < 1.29 is 24.0 Å². The van der Waals surface area contributed by atoms with Crippen molar-refractivity contribution in [2.75, 3.05) is 6.61 Å². The fourth-order valence-electron chi connectivity index (χ4n) is 1.05.